The van der Waals surface area contributed by atoms with Crippen molar-refractivity contribution < 1.29 is 13.5 Å². The molecule has 1 aliphatic heterocycles. The molecule has 0 aromatic rings. The number of hydrogen-bond acceptors (Lipinski definition) is 3. The van der Waals surface area contributed by atoms with E-state index in [9.17, 15) is 13.5 Å². The number of aliphatic hydroxyl groups excluding tert-OH is 1. The van der Waals surface area contributed by atoms with Crippen LogP contribution in [-0.2, 0) is 10.2 Å². The minimum absolute atomic E-state index is 0.125. The van der Waals surface area contributed by atoms with Crippen molar-refractivity contribution in [3.63, 3.8) is 0 Å². The summed E-state index contributed by atoms with van der Waals surface area (Å²) in [7, 11) is -3.61. The third kappa shape index (κ3) is 2.16. The van der Waals surface area contributed by atoms with Crippen LogP contribution in [0.1, 0.15) is 13.3 Å². The van der Waals surface area contributed by atoms with Gasteiger partial charge in [-0.1, -0.05) is 6.92 Å². The van der Waals surface area contributed by atoms with Crippen LogP contribution in [0, 0.1) is 5.92 Å². The van der Waals surface area contributed by atoms with E-state index in [4.69, 9.17) is 5.14 Å². The van der Waals surface area contributed by atoms with Crippen molar-refractivity contribution in [2.75, 3.05) is 13.1 Å². The monoisotopic (exact) mass is 194 g/mol. The molecular weight excluding hydrogens is 180 g/mol. The maximum atomic E-state index is 10.8. The van der Waals surface area contributed by atoms with E-state index >= 15 is 0 Å². The highest BCUT2D eigenvalue weighted by molar-refractivity contribution is 7.86. The van der Waals surface area contributed by atoms with Crippen molar-refractivity contribution >= 4 is 10.2 Å². The second kappa shape index (κ2) is 3.29. The van der Waals surface area contributed by atoms with Gasteiger partial charge in [0.1, 0.15) is 0 Å². The van der Waals surface area contributed by atoms with Crippen molar-refractivity contribution in [2.45, 2.75) is 19.4 Å². The van der Waals surface area contributed by atoms with Gasteiger partial charge in [-0.05, 0) is 12.3 Å². The maximum absolute atomic E-state index is 10.8. The summed E-state index contributed by atoms with van der Waals surface area (Å²) in [4.78, 5) is 0. The molecule has 1 fully saturated rings. The Hall–Kier alpha value is -0.170. The predicted molar refractivity (Wildman–Crippen MR) is 44.5 cm³/mol. The highest BCUT2D eigenvalue weighted by Crippen LogP contribution is 2.17. The van der Waals surface area contributed by atoms with Gasteiger partial charge in [0.25, 0.3) is 10.2 Å². The molecule has 0 aromatic heterocycles. The largest absolute Gasteiger partial charge is 0.391 e. The number of aliphatic hydroxyl groups is 1. The molecule has 1 rings (SSSR count). The smallest absolute Gasteiger partial charge is 0.276 e. The Morgan fingerprint density at radius 2 is 2.17 bits per heavy atom. The van der Waals surface area contributed by atoms with Crippen LogP contribution in [0.3, 0.4) is 0 Å². The Kier molecular flexibility index (Phi) is 2.72. The van der Waals surface area contributed by atoms with Crippen molar-refractivity contribution in [1.82, 2.24) is 4.31 Å². The zero-order valence-electron chi connectivity index (χ0n) is 6.97. The lowest BCUT2D eigenvalue weighted by Crippen LogP contribution is -2.48. The van der Waals surface area contributed by atoms with E-state index in [0.717, 1.165) is 4.31 Å². The second-order valence-electron chi connectivity index (χ2n) is 3.24. The summed E-state index contributed by atoms with van der Waals surface area (Å²) in [6.45, 7) is 2.43. The number of piperidine rings is 1. The van der Waals surface area contributed by atoms with Crippen LogP contribution in [0.25, 0.3) is 0 Å². The van der Waals surface area contributed by atoms with Gasteiger partial charge in [-0.3, -0.25) is 0 Å². The summed E-state index contributed by atoms with van der Waals surface area (Å²) >= 11 is 0. The van der Waals surface area contributed by atoms with E-state index in [0.29, 0.717) is 13.0 Å². The van der Waals surface area contributed by atoms with Gasteiger partial charge in [0, 0.05) is 13.1 Å². The SMILES string of the molecule is CC1CCN(S(N)(=O)=O)CC1O. The molecule has 3 N–H and O–H groups in total. The minimum atomic E-state index is -3.61. The van der Waals surface area contributed by atoms with Crippen LogP contribution in [0.5, 0.6) is 0 Å². The fourth-order valence-electron chi connectivity index (χ4n) is 1.25. The molecule has 1 heterocycles. The fourth-order valence-corrected chi connectivity index (χ4v) is 1.97. The molecule has 0 aliphatic carbocycles. The lowest BCUT2D eigenvalue weighted by atomic mass is 9.98. The van der Waals surface area contributed by atoms with Crippen molar-refractivity contribution in [3.8, 4) is 0 Å². The highest BCUT2D eigenvalue weighted by Gasteiger charge is 2.29. The molecule has 0 amide bonds. The van der Waals surface area contributed by atoms with Gasteiger partial charge in [0.2, 0.25) is 0 Å². The molecule has 0 spiro atoms. The quantitative estimate of drug-likeness (QED) is 0.555. The van der Waals surface area contributed by atoms with E-state index in [1.807, 2.05) is 6.92 Å². The van der Waals surface area contributed by atoms with Crippen LogP contribution in [0.15, 0.2) is 0 Å². The summed E-state index contributed by atoms with van der Waals surface area (Å²) in [6.07, 6.45) is 0.0782. The Morgan fingerprint density at radius 3 is 2.58 bits per heavy atom. The van der Waals surface area contributed by atoms with Crippen molar-refractivity contribution in [2.24, 2.45) is 11.1 Å². The number of nitrogens with zero attached hydrogens (tertiary/aromatic N) is 1. The first-order valence-electron chi connectivity index (χ1n) is 3.87. The molecule has 12 heavy (non-hydrogen) atoms. The molecule has 0 saturated carbocycles. The molecule has 2 unspecified atom stereocenters. The van der Waals surface area contributed by atoms with Crippen LogP contribution < -0.4 is 5.14 Å². The number of rotatable bonds is 1. The van der Waals surface area contributed by atoms with Gasteiger partial charge in [0.05, 0.1) is 6.10 Å². The standard InChI is InChI=1S/C6H14N2O3S/c1-5-2-3-8(4-6(5)9)12(7,10)11/h5-6,9H,2-4H2,1H3,(H2,7,10,11). The van der Waals surface area contributed by atoms with Crippen molar-refractivity contribution in [3.05, 3.63) is 0 Å². The molecule has 1 saturated heterocycles. The third-order valence-electron chi connectivity index (χ3n) is 2.24. The lowest BCUT2D eigenvalue weighted by molar-refractivity contribution is 0.0605. The van der Waals surface area contributed by atoms with E-state index in [2.05, 4.69) is 0 Å². The first kappa shape index (κ1) is 9.91. The maximum Gasteiger partial charge on any atom is 0.276 e. The van der Waals surface area contributed by atoms with Gasteiger partial charge in [-0.25, -0.2) is 5.14 Å². The number of β-amino-alcohol motifs (C(OH)–C–C–N with tert-alkyl or cyclic N) is 1. The third-order valence-corrected chi connectivity index (χ3v) is 3.29. The van der Waals surface area contributed by atoms with Gasteiger partial charge >= 0.3 is 0 Å². The zero-order valence-corrected chi connectivity index (χ0v) is 7.79. The van der Waals surface area contributed by atoms with Crippen LogP contribution in [-0.4, -0.2) is 37.0 Å². The summed E-state index contributed by atoms with van der Waals surface area (Å²) in [5.41, 5.74) is 0. The average molecular weight is 194 g/mol. The van der Waals surface area contributed by atoms with Gasteiger partial charge in [-0.15, -0.1) is 0 Å². The van der Waals surface area contributed by atoms with Crippen LogP contribution in [0.4, 0.5) is 0 Å². The molecule has 5 nitrogen and oxygen atoms in total. The molecule has 0 bridgehead atoms. The van der Waals surface area contributed by atoms with Gasteiger partial charge < -0.3 is 5.11 Å². The molecule has 6 heteroatoms. The first-order chi connectivity index (χ1) is 5.41. The molecule has 1 aliphatic rings. The minimum Gasteiger partial charge on any atom is -0.391 e. The Labute approximate surface area is 72.3 Å². The highest BCUT2D eigenvalue weighted by atomic mass is 32.2. The molecular formula is C6H14N2O3S. The van der Waals surface area contributed by atoms with E-state index < -0.39 is 16.3 Å². The molecule has 0 radical (unpaired) electrons. The normalized spacial score (nSPS) is 33.6. The number of hydrogen-bond donors (Lipinski definition) is 2. The van der Waals surface area contributed by atoms with Crippen molar-refractivity contribution in [1.29, 1.82) is 0 Å². The van der Waals surface area contributed by atoms with Crippen LogP contribution in [0.2, 0.25) is 0 Å². The zero-order chi connectivity index (χ0) is 9.35. The predicted octanol–water partition coefficient (Wildman–Crippen LogP) is -1.11. The summed E-state index contributed by atoms with van der Waals surface area (Å²) in [5, 5.41) is 14.3. The van der Waals surface area contributed by atoms with E-state index in [1.165, 1.54) is 0 Å². The Morgan fingerprint density at radius 1 is 1.58 bits per heavy atom. The van der Waals surface area contributed by atoms with Gasteiger partial charge in [0.15, 0.2) is 0 Å². The van der Waals surface area contributed by atoms with Crippen LogP contribution >= 0.6 is 0 Å². The lowest BCUT2D eigenvalue weighted by Gasteiger charge is -2.31. The second-order valence-corrected chi connectivity index (χ2v) is 4.78. The summed E-state index contributed by atoms with van der Waals surface area (Å²) < 4.78 is 22.8. The average Bonchev–Trinajstić information content (AvgIpc) is 1.92. The van der Waals surface area contributed by atoms with Gasteiger partial charge in [-0.2, -0.15) is 12.7 Å². The van der Waals surface area contributed by atoms with E-state index in [1.54, 1.807) is 0 Å². The Bertz CT molecular complexity index is 252. The molecule has 2 atom stereocenters. The molecule has 72 valence electrons. The molecule has 0 aromatic carbocycles. The summed E-state index contributed by atoms with van der Waals surface area (Å²) in [5.74, 6) is 0.156. The topological polar surface area (TPSA) is 83.6 Å². The Balaban J connectivity index is 2.64. The van der Waals surface area contributed by atoms with E-state index in [-0.39, 0.29) is 12.5 Å². The number of nitrogens with two attached hydrogens (primary N) is 1. The first-order valence-corrected chi connectivity index (χ1v) is 5.37. The summed E-state index contributed by atoms with van der Waals surface area (Å²) in [6, 6.07) is 0. The fraction of sp³-hybridized carbons (Fsp3) is 1.00.